The third-order valence-corrected chi connectivity index (χ3v) is 3.07. The van der Waals surface area contributed by atoms with Crippen molar-refractivity contribution < 1.29 is 9.53 Å². The van der Waals surface area contributed by atoms with Crippen LogP contribution in [0.15, 0.2) is 54.1 Å². The van der Waals surface area contributed by atoms with E-state index < -0.39 is 0 Å². The molecule has 0 saturated heterocycles. The Labute approximate surface area is 128 Å². The molecule has 0 atom stereocenters. The molecule has 4 heteroatoms. The van der Waals surface area contributed by atoms with Gasteiger partial charge in [-0.3, -0.25) is 4.79 Å². The summed E-state index contributed by atoms with van der Waals surface area (Å²) in [7, 11) is 1.54. The third-order valence-electron chi connectivity index (χ3n) is 3.07. The number of carbonyl (C=O) groups is 1. The number of Topliss-reactive ketones (excluding diaryl/α,β-unsaturated/α-hetero) is 1. The van der Waals surface area contributed by atoms with E-state index in [1.165, 1.54) is 6.08 Å². The molecule has 0 aliphatic heterocycles. The molecular formula is C18H12N2O2. The number of nitrogens with zero attached hydrogens (tertiary/aromatic N) is 2. The quantitative estimate of drug-likeness (QED) is 0.491. The molecule has 0 N–H and O–H groups in total. The smallest absolute Gasteiger partial charge is 0.203 e. The fourth-order valence-corrected chi connectivity index (χ4v) is 1.87. The molecule has 0 heterocycles. The number of hydrogen-bond donors (Lipinski definition) is 0. The Bertz CT molecular complexity index is 789. The summed E-state index contributed by atoms with van der Waals surface area (Å²) in [6.07, 6.45) is 1.51. The van der Waals surface area contributed by atoms with Gasteiger partial charge < -0.3 is 4.74 Å². The second-order valence-corrected chi connectivity index (χ2v) is 4.46. The normalized spacial score (nSPS) is 10.4. The lowest BCUT2D eigenvalue weighted by molar-refractivity contribution is 0.104. The van der Waals surface area contributed by atoms with E-state index in [0.717, 1.165) is 0 Å². The second-order valence-electron chi connectivity index (χ2n) is 4.46. The fraction of sp³-hybridized carbons (Fsp3) is 0.0556. The van der Waals surface area contributed by atoms with Gasteiger partial charge >= 0.3 is 0 Å². The molecule has 0 bridgehead atoms. The average molecular weight is 288 g/mol. The van der Waals surface area contributed by atoms with Gasteiger partial charge in [-0.1, -0.05) is 12.1 Å². The molecule has 0 spiro atoms. The largest absolute Gasteiger partial charge is 0.497 e. The van der Waals surface area contributed by atoms with Crippen LogP contribution in [0.1, 0.15) is 21.5 Å². The Kier molecular flexibility index (Phi) is 4.70. The Morgan fingerprint density at radius 1 is 1.05 bits per heavy atom. The Hall–Kier alpha value is -3.37. The molecule has 22 heavy (non-hydrogen) atoms. The summed E-state index contributed by atoms with van der Waals surface area (Å²) in [5.41, 5.74) is 1.67. The van der Waals surface area contributed by atoms with Crippen LogP contribution in [0.2, 0.25) is 0 Å². The number of ketones is 1. The molecule has 0 aromatic heterocycles. The number of allylic oxidation sites excluding steroid dienone is 1. The van der Waals surface area contributed by atoms with Gasteiger partial charge in [0.05, 0.1) is 18.7 Å². The van der Waals surface area contributed by atoms with Gasteiger partial charge in [0.2, 0.25) is 5.78 Å². The molecule has 0 amide bonds. The summed E-state index contributed by atoms with van der Waals surface area (Å²) in [5.74, 6) is 0.292. The number of carbonyl (C=O) groups excluding carboxylic acids is 1. The van der Waals surface area contributed by atoms with Gasteiger partial charge in [-0.15, -0.1) is 0 Å². The topological polar surface area (TPSA) is 73.9 Å². The van der Waals surface area contributed by atoms with Gasteiger partial charge in [0.15, 0.2) is 0 Å². The first-order valence-electron chi connectivity index (χ1n) is 6.48. The standard InChI is InChI=1S/C18H12N2O2/c1-22-17-8-6-15(7-9-17)18(21)16(12-20)10-13-2-4-14(11-19)5-3-13/h2-10H,1H3/b16-10+. The van der Waals surface area contributed by atoms with Crippen LogP contribution in [0.25, 0.3) is 6.08 Å². The summed E-state index contributed by atoms with van der Waals surface area (Å²) in [4.78, 5) is 12.3. The molecule has 2 aromatic carbocycles. The molecule has 0 aliphatic carbocycles. The number of ether oxygens (including phenoxy) is 1. The van der Waals surface area contributed by atoms with Crippen molar-refractivity contribution in [2.75, 3.05) is 7.11 Å². The van der Waals surface area contributed by atoms with Crippen molar-refractivity contribution >= 4 is 11.9 Å². The Morgan fingerprint density at radius 3 is 2.18 bits per heavy atom. The second kappa shape index (κ2) is 6.88. The minimum absolute atomic E-state index is 0.0369. The highest BCUT2D eigenvalue weighted by atomic mass is 16.5. The van der Waals surface area contributed by atoms with Crippen LogP contribution in [-0.4, -0.2) is 12.9 Å². The van der Waals surface area contributed by atoms with Crippen molar-refractivity contribution in [3.8, 4) is 17.9 Å². The van der Waals surface area contributed by atoms with Crippen molar-refractivity contribution in [1.29, 1.82) is 10.5 Å². The maximum Gasteiger partial charge on any atom is 0.203 e. The maximum atomic E-state index is 12.3. The number of benzene rings is 2. The molecular weight excluding hydrogens is 276 g/mol. The van der Waals surface area contributed by atoms with Crippen LogP contribution in [-0.2, 0) is 0 Å². The zero-order valence-corrected chi connectivity index (χ0v) is 11.9. The van der Waals surface area contributed by atoms with Crippen LogP contribution in [0, 0.1) is 22.7 Å². The zero-order chi connectivity index (χ0) is 15.9. The van der Waals surface area contributed by atoms with Gasteiger partial charge in [-0.25, -0.2) is 0 Å². The molecule has 2 aromatic rings. The number of rotatable bonds is 4. The molecule has 0 aliphatic rings. The highest BCUT2D eigenvalue weighted by molar-refractivity contribution is 6.14. The number of hydrogen-bond acceptors (Lipinski definition) is 4. The fourth-order valence-electron chi connectivity index (χ4n) is 1.87. The minimum atomic E-state index is -0.352. The lowest BCUT2D eigenvalue weighted by atomic mass is 10.0. The van der Waals surface area contributed by atoms with Crippen molar-refractivity contribution in [1.82, 2.24) is 0 Å². The van der Waals surface area contributed by atoms with E-state index >= 15 is 0 Å². The molecule has 0 fully saturated rings. The molecule has 106 valence electrons. The first kappa shape index (κ1) is 15.0. The highest BCUT2D eigenvalue weighted by Gasteiger charge is 2.12. The van der Waals surface area contributed by atoms with Crippen LogP contribution in [0.3, 0.4) is 0 Å². The highest BCUT2D eigenvalue weighted by Crippen LogP contribution is 2.16. The van der Waals surface area contributed by atoms with Gasteiger partial charge in [0.1, 0.15) is 17.4 Å². The molecule has 2 rings (SSSR count). The molecule has 0 unspecified atom stereocenters. The van der Waals surface area contributed by atoms with Crippen LogP contribution in [0.5, 0.6) is 5.75 Å². The van der Waals surface area contributed by atoms with E-state index in [1.54, 1.807) is 55.6 Å². The minimum Gasteiger partial charge on any atom is -0.497 e. The Morgan fingerprint density at radius 2 is 1.68 bits per heavy atom. The zero-order valence-electron chi connectivity index (χ0n) is 11.9. The van der Waals surface area contributed by atoms with Crippen molar-refractivity contribution in [2.24, 2.45) is 0 Å². The van der Waals surface area contributed by atoms with Gasteiger partial charge in [0, 0.05) is 5.56 Å². The van der Waals surface area contributed by atoms with Crippen LogP contribution >= 0.6 is 0 Å². The summed E-state index contributed by atoms with van der Waals surface area (Å²) in [5, 5.41) is 18.0. The number of nitriles is 2. The molecule has 0 radical (unpaired) electrons. The van der Waals surface area contributed by atoms with E-state index in [0.29, 0.717) is 22.4 Å². The Balaban J connectivity index is 2.29. The van der Waals surface area contributed by atoms with Gasteiger partial charge in [-0.2, -0.15) is 10.5 Å². The molecule has 4 nitrogen and oxygen atoms in total. The maximum absolute atomic E-state index is 12.3. The van der Waals surface area contributed by atoms with Gasteiger partial charge in [0.25, 0.3) is 0 Å². The number of methoxy groups -OCH3 is 1. The van der Waals surface area contributed by atoms with Crippen molar-refractivity contribution in [3.05, 3.63) is 70.8 Å². The predicted octanol–water partition coefficient (Wildman–Crippen LogP) is 3.36. The third kappa shape index (κ3) is 3.39. The summed E-state index contributed by atoms with van der Waals surface area (Å²) in [6, 6.07) is 17.2. The summed E-state index contributed by atoms with van der Waals surface area (Å²) in [6.45, 7) is 0. The first-order chi connectivity index (χ1) is 10.7. The van der Waals surface area contributed by atoms with E-state index in [1.807, 2.05) is 12.1 Å². The van der Waals surface area contributed by atoms with Crippen molar-refractivity contribution in [3.63, 3.8) is 0 Å². The van der Waals surface area contributed by atoms with Gasteiger partial charge in [-0.05, 0) is 48.0 Å². The SMILES string of the molecule is COc1ccc(C(=O)/C(C#N)=C/c2ccc(C#N)cc2)cc1. The van der Waals surface area contributed by atoms with E-state index in [9.17, 15) is 10.1 Å². The molecule has 0 saturated carbocycles. The first-order valence-corrected chi connectivity index (χ1v) is 6.48. The monoisotopic (exact) mass is 288 g/mol. The van der Waals surface area contributed by atoms with E-state index in [-0.39, 0.29) is 11.4 Å². The van der Waals surface area contributed by atoms with Crippen LogP contribution in [0.4, 0.5) is 0 Å². The summed E-state index contributed by atoms with van der Waals surface area (Å²) < 4.78 is 5.04. The van der Waals surface area contributed by atoms with Crippen molar-refractivity contribution in [2.45, 2.75) is 0 Å². The predicted molar refractivity (Wildman–Crippen MR) is 82.1 cm³/mol. The lowest BCUT2D eigenvalue weighted by Gasteiger charge is -2.02. The lowest BCUT2D eigenvalue weighted by Crippen LogP contribution is -2.01. The average Bonchev–Trinajstić information content (AvgIpc) is 2.59. The van der Waals surface area contributed by atoms with E-state index in [4.69, 9.17) is 10.00 Å². The van der Waals surface area contributed by atoms with Crippen LogP contribution < -0.4 is 4.74 Å². The summed E-state index contributed by atoms with van der Waals surface area (Å²) >= 11 is 0. The van der Waals surface area contributed by atoms with E-state index in [2.05, 4.69) is 0 Å².